The maximum absolute atomic E-state index is 13.5. The monoisotopic (exact) mass is 451 g/mol. The maximum Gasteiger partial charge on any atom is 0.262 e. The van der Waals surface area contributed by atoms with Crippen LogP contribution in [0.3, 0.4) is 0 Å². The van der Waals surface area contributed by atoms with Crippen molar-refractivity contribution in [3.63, 3.8) is 0 Å². The standard InChI is InChI=1S/C26H33N3O4/c1-17-22(30)12-23(31)24(25(17)33-16-18-3-4-18)26(32)29-14-20-6-5-19(11-21(20)15-29)13-28-9-7-27(2)8-10-28/h5-6,11-12,18,30-31H,3-4,7-10,13-16H2,1-2H3. The van der Waals surface area contributed by atoms with E-state index in [1.807, 2.05) is 0 Å². The zero-order chi connectivity index (χ0) is 23.1. The molecular formula is C26H33N3O4. The second kappa shape index (κ2) is 8.88. The van der Waals surface area contributed by atoms with Gasteiger partial charge in [0.2, 0.25) is 0 Å². The summed E-state index contributed by atoms with van der Waals surface area (Å²) in [5.41, 5.74) is 4.20. The van der Waals surface area contributed by atoms with Crippen LogP contribution in [0.4, 0.5) is 0 Å². The Morgan fingerprint density at radius 2 is 1.76 bits per heavy atom. The first-order valence-corrected chi connectivity index (χ1v) is 11.9. The lowest BCUT2D eigenvalue weighted by Gasteiger charge is -2.32. The number of carbonyl (C=O) groups excluding carboxylic acids is 1. The quantitative estimate of drug-likeness (QED) is 0.703. The highest BCUT2D eigenvalue weighted by Crippen LogP contribution is 2.41. The van der Waals surface area contributed by atoms with Crippen molar-refractivity contribution in [3.8, 4) is 17.2 Å². The summed E-state index contributed by atoms with van der Waals surface area (Å²) in [6.45, 7) is 8.48. The molecule has 2 aromatic rings. The number of ether oxygens (including phenoxy) is 1. The number of fused-ring (bicyclic) bond motifs is 1. The molecule has 2 aliphatic heterocycles. The van der Waals surface area contributed by atoms with Gasteiger partial charge in [0.25, 0.3) is 5.91 Å². The molecule has 3 aliphatic rings. The normalized spacial score (nSPS) is 19.0. The van der Waals surface area contributed by atoms with Gasteiger partial charge in [0.15, 0.2) is 0 Å². The summed E-state index contributed by atoms with van der Waals surface area (Å²) in [5, 5.41) is 20.8. The number of hydrogen-bond donors (Lipinski definition) is 2. The van der Waals surface area contributed by atoms with Crippen LogP contribution in [0.2, 0.25) is 0 Å². The zero-order valence-corrected chi connectivity index (χ0v) is 19.5. The lowest BCUT2D eigenvalue weighted by Crippen LogP contribution is -2.43. The van der Waals surface area contributed by atoms with Crippen molar-refractivity contribution < 1.29 is 19.7 Å². The largest absolute Gasteiger partial charge is 0.507 e. The zero-order valence-electron chi connectivity index (χ0n) is 19.5. The SMILES string of the molecule is Cc1c(O)cc(O)c(C(=O)N2Cc3ccc(CN4CCN(C)CC4)cc3C2)c1OCC1CC1. The van der Waals surface area contributed by atoms with Crippen LogP contribution in [0.1, 0.15) is 45.5 Å². The van der Waals surface area contributed by atoms with Crippen LogP contribution in [0.25, 0.3) is 0 Å². The average Bonchev–Trinajstić information content (AvgIpc) is 3.52. The van der Waals surface area contributed by atoms with Gasteiger partial charge < -0.3 is 24.7 Å². The Hall–Kier alpha value is -2.77. The molecule has 2 N–H and O–H groups in total. The molecule has 1 aliphatic carbocycles. The molecule has 0 radical (unpaired) electrons. The average molecular weight is 452 g/mol. The van der Waals surface area contributed by atoms with Gasteiger partial charge in [-0.2, -0.15) is 0 Å². The predicted molar refractivity (Wildman–Crippen MR) is 126 cm³/mol. The molecule has 0 spiro atoms. The minimum absolute atomic E-state index is 0.0619. The van der Waals surface area contributed by atoms with Gasteiger partial charge in [0, 0.05) is 57.4 Å². The molecule has 1 amide bonds. The second-order valence-electron chi connectivity index (χ2n) is 9.84. The third kappa shape index (κ3) is 4.66. The van der Waals surface area contributed by atoms with Gasteiger partial charge in [0.1, 0.15) is 22.8 Å². The number of aromatic hydroxyl groups is 2. The fourth-order valence-corrected chi connectivity index (χ4v) is 4.71. The fraction of sp³-hybridized carbons (Fsp3) is 0.500. The smallest absolute Gasteiger partial charge is 0.262 e. The molecule has 2 fully saturated rings. The molecule has 33 heavy (non-hydrogen) atoms. The molecule has 7 heteroatoms. The Kier molecular flexibility index (Phi) is 5.93. The molecule has 0 atom stereocenters. The molecule has 0 aromatic heterocycles. The summed E-state index contributed by atoms with van der Waals surface area (Å²) in [6.07, 6.45) is 2.23. The van der Waals surface area contributed by atoms with Crippen molar-refractivity contribution in [2.24, 2.45) is 5.92 Å². The van der Waals surface area contributed by atoms with Gasteiger partial charge >= 0.3 is 0 Å². The van der Waals surface area contributed by atoms with Crippen molar-refractivity contribution in [1.29, 1.82) is 0 Å². The number of amides is 1. The van der Waals surface area contributed by atoms with Crippen LogP contribution in [0.15, 0.2) is 24.3 Å². The molecule has 1 saturated carbocycles. The maximum atomic E-state index is 13.5. The van der Waals surface area contributed by atoms with E-state index < -0.39 is 0 Å². The minimum atomic E-state index is -0.266. The third-order valence-corrected chi connectivity index (χ3v) is 7.14. The van der Waals surface area contributed by atoms with Gasteiger partial charge in [-0.25, -0.2) is 0 Å². The summed E-state index contributed by atoms with van der Waals surface area (Å²) in [5.74, 6) is 0.231. The first-order chi connectivity index (χ1) is 15.9. The fourth-order valence-electron chi connectivity index (χ4n) is 4.71. The molecule has 0 bridgehead atoms. The van der Waals surface area contributed by atoms with E-state index in [1.165, 1.54) is 11.6 Å². The molecule has 176 valence electrons. The van der Waals surface area contributed by atoms with Crippen LogP contribution in [0, 0.1) is 12.8 Å². The Morgan fingerprint density at radius 3 is 2.48 bits per heavy atom. The van der Waals surface area contributed by atoms with Crippen molar-refractivity contribution >= 4 is 5.91 Å². The number of rotatable bonds is 6. The molecular weight excluding hydrogens is 418 g/mol. The lowest BCUT2D eigenvalue weighted by atomic mass is 10.1. The second-order valence-corrected chi connectivity index (χ2v) is 9.84. The predicted octanol–water partition coefficient (Wildman–Crippen LogP) is 3.10. The van der Waals surface area contributed by atoms with Gasteiger partial charge in [-0.3, -0.25) is 9.69 Å². The summed E-state index contributed by atoms with van der Waals surface area (Å²) < 4.78 is 5.95. The van der Waals surface area contributed by atoms with Crippen LogP contribution in [-0.4, -0.2) is 70.7 Å². The van der Waals surface area contributed by atoms with E-state index in [0.29, 0.717) is 36.9 Å². The summed E-state index contributed by atoms with van der Waals surface area (Å²) in [4.78, 5) is 20.1. The van der Waals surface area contributed by atoms with Gasteiger partial charge in [0.05, 0.1) is 6.61 Å². The van der Waals surface area contributed by atoms with E-state index in [1.54, 1.807) is 11.8 Å². The first-order valence-electron chi connectivity index (χ1n) is 11.9. The van der Waals surface area contributed by atoms with E-state index in [-0.39, 0.29) is 23.0 Å². The topological polar surface area (TPSA) is 76.5 Å². The third-order valence-electron chi connectivity index (χ3n) is 7.14. The number of likely N-dealkylation sites (N-methyl/N-ethyl adjacent to an activating group) is 1. The Bertz CT molecular complexity index is 1060. The first kappa shape index (κ1) is 22.0. The van der Waals surface area contributed by atoms with E-state index in [2.05, 4.69) is 35.0 Å². The molecule has 0 unspecified atom stereocenters. The summed E-state index contributed by atoms with van der Waals surface area (Å²) in [7, 11) is 2.16. The van der Waals surface area contributed by atoms with Gasteiger partial charge in [-0.15, -0.1) is 0 Å². The Balaban J connectivity index is 1.32. The van der Waals surface area contributed by atoms with E-state index in [0.717, 1.165) is 56.7 Å². The van der Waals surface area contributed by atoms with Crippen LogP contribution < -0.4 is 4.74 Å². The van der Waals surface area contributed by atoms with Crippen molar-refractivity contribution in [3.05, 3.63) is 52.1 Å². The molecule has 7 nitrogen and oxygen atoms in total. The van der Waals surface area contributed by atoms with Crippen LogP contribution in [-0.2, 0) is 19.6 Å². The number of phenolic OH excluding ortho intramolecular Hbond substituents is 2. The van der Waals surface area contributed by atoms with Crippen LogP contribution in [0.5, 0.6) is 17.2 Å². The van der Waals surface area contributed by atoms with Crippen LogP contribution >= 0.6 is 0 Å². The van der Waals surface area contributed by atoms with Gasteiger partial charge in [-0.05, 0) is 49.4 Å². The highest BCUT2D eigenvalue weighted by Gasteiger charge is 2.32. The highest BCUT2D eigenvalue weighted by molar-refractivity contribution is 6.00. The Morgan fingerprint density at radius 1 is 1.03 bits per heavy atom. The summed E-state index contributed by atoms with van der Waals surface area (Å²) in [6, 6.07) is 7.75. The lowest BCUT2D eigenvalue weighted by molar-refractivity contribution is 0.0743. The molecule has 2 aromatic carbocycles. The van der Waals surface area contributed by atoms with Crippen molar-refractivity contribution in [1.82, 2.24) is 14.7 Å². The van der Waals surface area contributed by atoms with E-state index in [4.69, 9.17) is 4.74 Å². The number of benzene rings is 2. The molecule has 5 rings (SSSR count). The highest BCUT2D eigenvalue weighted by atomic mass is 16.5. The van der Waals surface area contributed by atoms with E-state index >= 15 is 0 Å². The number of phenols is 2. The molecule has 2 heterocycles. The number of carbonyl (C=O) groups is 1. The van der Waals surface area contributed by atoms with Gasteiger partial charge in [-0.1, -0.05) is 18.2 Å². The Labute approximate surface area is 195 Å². The van der Waals surface area contributed by atoms with Crippen molar-refractivity contribution in [2.45, 2.75) is 39.4 Å². The molecule has 1 saturated heterocycles. The number of piperazine rings is 1. The number of hydrogen-bond acceptors (Lipinski definition) is 6. The minimum Gasteiger partial charge on any atom is -0.507 e. The van der Waals surface area contributed by atoms with E-state index in [9.17, 15) is 15.0 Å². The summed E-state index contributed by atoms with van der Waals surface area (Å²) >= 11 is 0. The van der Waals surface area contributed by atoms with Crippen molar-refractivity contribution in [2.75, 3.05) is 39.8 Å². The number of nitrogens with zero attached hydrogens (tertiary/aromatic N) is 3.